The fraction of sp³-hybridized carbons (Fsp3) is 0.706. The van der Waals surface area contributed by atoms with Gasteiger partial charge in [-0.15, -0.1) is 11.3 Å². The first-order valence-corrected chi connectivity index (χ1v) is 9.17. The summed E-state index contributed by atoms with van der Waals surface area (Å²) < 4.78 is 0. The van der Waals surface area contributed by atoms with Crippen LogP contribution in [0, 0.1) is 5.92 Å². The van der Waals surface area contributed by atoms with E-state index in [2.05, 4.69) is 22.8 Å². The molecular formula is C17H26N2OS. The van der Waals surface area contributed by atoms with Crippen LogP contribution in [0.25, 0.3) is 0 Å². The van der Waals surface area contributed by atoms with Crippen LogP contribution in [0.5, 0.6) is 0 Å². The lowest BCUT2D eigenvalue weighted by atomic mass is 9.94. The zero-order valence-electron chi connectivity index (χ0n) is 12.9. The summed E-state index contributed by atoms with van der Waals surface area (Å²) in [6.07, 6.45) is 7.68. The van der Waals surface area contributed by atoms with E-state index in [-0.39, 0.29) is 5.91 Å². The van der Waals surface area contributed by atoms with E-state index < -0.39 is 0 Å². The molecule has 1 saturated carbocycles. The van der Waals surface area contributed by atoms with Crippen LogP contribution in [0.1, 0.15) is 56.4 Å². The molecule has 4 heteroatoms. The van der Waals surface area contributed by atoms with Crippen LogP contribution >= 0.6 is 11.3 Å². The average molecular weight is 306 g/mol. The van der Waals surface area contributed by atoms with Gasteiger partial charge in [0, 0.05) is 37.0 Å². The monoisotopic (exact) mass is 306 g/mol. The molecule has 1 atom stereocenters. The molecule has 116 valence electrons. The van der Waals surface area contributed by atoms with Crippen LogP contribution in [0.3, 0.4) is 0 Å². The summed E-state index contributed by atoms with van der Waals surface area (Å²) in [6, 6.07) is 5.54. The molecule has 1 saturated heterocycles. The van der Waals surface area contributed by atoms with Gasteiger partial charge in [-0.1, -0.05) is 18.9 Å². The number of carbonyl (C=O) groups excluding carboxylic acids is 1. The van der Waals surface area contributed by atoms with Gasteiger partial charge in [0.1, 0.15) is 0 Å². The van der Waals surface area contributed by atoms with E-state index in [0.29, 0.717) is 12.1 Å². The third-order valence-corrected chi connectivity index (χ3v) is 6.03. The fourth-order valence-corrected chi connectivity index (χ4v) is 4.70. The van der Waals surface area contributed by atoms with Crippen molar-refractivity contribution < 1.29 is 4.79 Å². The Balaban J connectivity index is 1.61. The number of hydrogen-bond acceptors (Lipinski definition) is 3. The van der Waals surface area contributed by atoms with Crippen molar-refractivity contribution in [3.63, 3.8) is 0 Å². The number of nitrogens with zero attached hydrogens (tertiary/aromatic N) is 1. The summed E-state index contributed by atoms with van der Waals surface area (Å²) in [5.41, 5.74) is 0. The van der Waals surface area contributed by atoms with Crippen molar-refractivity contribution in [1.82, 2.24) is 10.2 Å². The van der Waals surface area contributed by atoms with Crippen LogP contribution in [0.2, 0.25) is 0 Å². The molecule has 3 rings (SSSR count). The minimum absolute atomic E-state index is 0.221. The largest absolute Gasteiger partial charge is 0.343 e. The lowest BCUT2D eigenvalue weighted by molar-refractivity contribution is -0.129. The minimum atomic E-state index is 0.221. The van der Waals surface area contributed by atoms with Gasteiger partial charge in [0.05, 0.1) is 0 Å². The second-order valence-corrected chi connectivity index (χ2v) is 7.46. The van der Waals surface area contributed by atoms with Crippen molar-refractivity contribution in [2.45, 2.75) is 57.5 Å². The average Bonchev–Trinajstić information content (AvgIpc) is 3.19. The number of piperidine rings is 1. The van der Waals surface area contributed by atoms with Crippen LogP contribution in [-0.2, 0) is 4.79 Å². The first-order valence-electron chi connectivity index (χ1n) is 8.29. The Morgan fingerprint density at radius 3 is 2.57 bits per heavy atom. The molecule has 2 aliphatic rings. The van der Waals surface area contributed by atoms with Crippen molar-refractivity contribution in [3.05, 3.63) is 22.4 Å². The quantitative estimate of drug-likeness (QED) is 0.922. The minimum Gasteiger partial charge on any atom is -0.343 e. The highest BCUT2D eigenvalue weighted by Crippen LogP contribution is 2.38. The van der Waals surface area contributed by atoms with Gasteiger partial charge in [-0.05, 0) is 43.0 Å². The third kappa shape index (κ3) is 3.67. The van der Waals surface area contributed by atoms with Gasteiger partial charge in [0.2, 0.25) is 5.91 Å². The number of likely N-dealkylation sites (tertiary alicyclic amines) is 1. The number of thiophene rings is 1. The van der Waals surface area contributed by atoms with Crippen molar-refractivity contribution >= 4 is 17.2 Å². The molecule has 3 nitrogen and oxygen atoms in total. The van der Waals surface area contributed by atoms with E-state index in [0.717, 1.165) is 31.8 Å². The first kappa shape index (κ1) is 15.0. The first-order chi connectivity index (χ1) is 10.2. The predicted octanol–water partition coefficient (Wildman–Crippen LogP) is 3.58. The Labute approximate surface area is 131 Å². The number of carbonyl (C=O) groups is 1. The van der Waals surface area contributed by atoms with E-state index >= 15 is 0 Å². The summed E-state index contributed by atoms with van der Waals surface area (Å²) in [4.78, 5) is 14.9. The van der Waals surface area contributed by atoms with Gasteiger partial charge in [-0.3, -0.25) is 4.79 Å². The van der Waals surface area contributed by atoms with Crippen LogP contribution in [-0.4, -0.2) is 29.9 Å². The van der Waals surface area contributed by atoms with Crippen LogP contribution in [0.4, 0.5) is 0 Å². The maximum Gasteiger partial charge on any atom is 0.219 e. The normalized spacial score (nSPS) is 22.6. The van der Waals surface area contributed by atoms with Crippen molar-refractivity contribution in [2.24, 2.45) is 5.92 Å². The number of nitrogens with one attached hydrogen (secondary N) is 1. The molecule has 0 spiro atoms. The lowest BCUT2D eigenvalue weighted by Crippen LogP contribution is -2.46. The van der Waals surface area contributed by atoms with Gasteiger partial charge in [-0.25, -0.2) is 0 Å². The van der Waals surface area contributed by atoms with Crippen molar-refractivity contribution in [3.8, 4) is 0 Å². The molecule has 0 aromatic carbocycles. The van der Waals surface area contributed by atoms with E-state index in [1.807, 2.05) is 16.2 Å². The SMILES string of the molecule is CC(=O)N1CCC(NC(c2cccs2)C2CCCC2)CC1. The maximum atomic E-state index is 11.4. The number of hydrogen-bond donors (Lipinski definition) is 1. The van der Waals surface area contributed by atoms with Crippen molar-refractivity contribution in [1.29, 1.82) is 0 Å². The van der Waals surface area contributed by atoms with Gasteiger partial charge in [0.25, 0.3) is 0 Å². The predicted molar refractivity (Wildman–Crippen MR) is 87.4 cm³/mol. The molecule has 1 aromatic rings. The van der Waals surface area contributed by atoms with E-state index in [1.54, 1.807) is 6.92 Å². The number of rotatable bonds is 4. The molecule has 1 aromatic heterocycles. The topological polar surface area (TPSA) is 32.3 Å². The molecule has 1 aliphatic carbocycles. The second kappa shape index (κ2) is 6.93. The summed E-state index contributed by atoms with van der Waals surface area (Å²) in [5.74, 6) is 1.02. The molecule has 21 heavy (non-hydrogen) atoms. The Kier molecular flexibility index (Phi) is 4.96. The lowest BCUT2D eigenvalue weighted by Gasteiger charge is -2.35. The molecule has 1 unspecified atom stereocenters. The van der Waals surface area contributed by atoms with Gasteiger partial charge < -0.3 is 10.2 Å². The summed E-state index contributed by atoms with van der Waals surface area (Å²) in [7, 11) is 0. The summed E-state index contributed by atoms with van der Waals surface area (Å²) >= 11 is 1.88. The molecule has 2 heterocycles. The fourth-order valence-electron chi connectivity index (χ4n) is 3.82. The summed E-state index contributed by atoms with van der Waals surface area (Å²) in [6.45, 7) is 3.50. The second-order valence-electron chi connectivity index (χ2n) is 6.48. The molecule has 1 aliphatic heterocycles. The van der Waals surface area contributed by atoms with E-state index in [1.165, 1.54) is 30.6 Å². The van der Waals surface area contributed by atoms with Gasteiger partial charge >= 0.3 is 0 Å². The zero-order valence-corrected chi connectivity index (χ0v) is 13.7. The van der Waals surface area contributed by atoms with E-state index in [4.69, 9.17) is 0 Å². The number of amides is 1. The molecule has 1 amide bonds. The molecule has 2 fully saturated rings. The van der Waals surface area contributed by atoms with Crippen molar-refractivity contribution in [2.75, 3.05) is 13.1 Å². The van der Waals surface area contributed by atoms with Gasteiger partial charge in [0.15, 0.2) is 0 Å². The highest BCUT2D eigenvalue weighted by Gasteiger charge is 2.30. The molecule has 0 bridgehead atoms. The Morgan fingerprint density at radius 2 is 2.00 bits per heavy atom. The van der Waals surface area contributed by atoms with Crippen LogP contribution in [0.15, 0.2) is 17.5 Å². The molecule has 0 radical (unpaired) electrons. The molecular weight excluding hydrogens is 280 g/mol. The Hall–Kier alpha value is -0.870. The van der Waals surface area contributed by atoms with Gasteiger partial charge in [-0.2, -0.15) is 0 Å². The Bertz CT molecular complexity index is 445. The summed E-state index contributed by atoms with van der Waals surface area (Å²) in [5, 5.41) is 6.12. The zero-order chi connectivity index (χ0) is 14.7. The van der Waals surface area contributed by atoms with Crippen LogP contribution < -0.4 is 5.32 Å². The Morgan fingerprint density at radius 1 is 1.29 bits per heavy atom. The van der Waals surface area contributed by atoms with E-state index in [9.17, 15) is 4.79 Å². The highest BCUT2D eigenvalue weighted by atomic mass is 32.1. The smallest absolute Gasteiger partial charge is 0.219 e. The highest BCUT2D eigenvalue weighted by molar-refractivity contribution is 7.10. The molecule has 1 N–H and O–H groups in total. The standard InChI is InChI=1S/C17H26N2OS/c1-13(20)19-10-8-15(9-11-19)18-17(14-5-2-3-6-14)16-7-4-12-21-16/h4,7,12,14-15,17-18H,2-3,5-6,8-11H2,1H3. The maximum absolute atomic E-state index is 11.4. The third-order valence-electron chi connectivity index (χ3n) is 5.08.